The van der Waals surface area contributed by atoms with Crippen LogP contribution in [0.25, 0.3) is 0 Å². The Kier molecular flexibility index (Phi) is 5.32. The van der Waals surface area contributed by atoms with Crippen LogP contribution < -0.4 is 4.74 Å². The molecule has 4 nitrogen and oxygen atoms in total. The predicted octanol–water partition coefficient (Wildman–Crippen LogP) is 3.89. The van der Waals surface area contributed by atoms with Gasteiger partial charge in [-0.05, 0) is 71.5 Å². The maximum Gasteiger partial charge on any atom is 0.344 e. The second kappa shape index (κ2) is 7.21. The molecule has 0 aliphatic carbocycles. The molecule has 0 aliphatic heterocycles. The van der Waals surface area contributed by atoms with Gasteiger partial charge in [0.15, 0.2) is 6.10 Å². The van der Waals surface area contributed by atoms with Gasteiger partial charge in [0.05, 0.1) is 5.69 Å². The third-order valence-corrected chi connectivity index (χ3v) is 3.66. The van der Waals surface area contributed by atoms with Crippen LogP contribution in [0.4, 0.5) is 5.69 Å². The minimum Gasteiger partial charge on any atom is -0.479 e. The maximum atomic E-state index is 10.7. The first kappa shape index (κ1) is 15.5. The van der Waals surface area contributed by atoms with Crippen molar-refractivity contribution in [2.45, 2.75) is 13.0 Å². The zero-order chi connectivity index (χ0) is 15.2. The van der Waals surface area contributed by atoms with Crippen LogP contribution in [-0.4, -0.2) is 23.4 Å². The summed E-state index contributed by atoms with van der Waals surface area (Å²) >= 11 is 2.24. The molecule has 0 aliphatic rings. The van der Waals surface area contributed by atoms with Crippen molar-refractivity contribution in [3.05, 3.63) is 57.7 Å². The van der Waals surface area contributed by atoms with Gasteiger partial charge < -0.3 is 9.84 Å². The molecule has 0 heterocycles. The molecular weight excluding hydrogens is 381 g/mol. The summed E-state index contributed by atoms with van der Waals surface area (Å²) < 4.78 is 6.35. The van der Waals surface area contributed by atoms with E-state index in [1.807, 2.05) is 36.4 Å². The van der Waals surface area contributed by atoms with Gasteiger partial charge in [0, 0.05) is 9.78 Å². The summed E-state index contributed by atoms with van der Waals surface area (Å²) in [6.45, 7) is 1.50. The zero-order valence-corrected chi connectivity index (χ0v) is 13.5. The Bertz CT molecular complexity index is 653. The van der Waals surface area contributed by atoms with Crippen molar-refractivity contribution < 1.29 is 14.6 Å². The molecule has 0 radical (unpaired) electrons. The van der Waals surface area contributed by atoms with Crippen LogP contribution in [0.1, 0.15) is 12.5 Å². The summed E-state index contributed by atoms with van der Waals surface area (Å²) in [5, 5.41) is 8.79. The number of aliphatic carboxylic acids is 1. The van der Waals surface area contributed by atoms with Crippen molar-refractivity contribution >= 4 is 40.5 Å². The van der Waals surface area contributed by atoms with Crippen LogP contribution in [0.3, 0.4) is 0 Å². The Labute approximate surface area is 136 Å². The highest BCUT2D eigenvalue weighted by Crippen LogP contribution is 2.20. The highest BCUT2D eigenvalue weighted by atomic mass is 127. The largest absolute Gasteiger partial charge is 0.479 e. The number of nitrogens with zero attached hydrogens (tertiary/aromatic N) is 1. The molecule has 0 bridgehead atoms. The number of halogens is 1. The number of aliphatic imine (C=N–C) groups is 1. The summed E-state index contributed by atoms with van der Waals surface area (Å²) in [5.74, 6) is -0.462. The van der Waals surface area contributed by atoms with Gasteiger partial charge in [-0.3, -0.25) is 4.99 Å². The minimum absolute atomic E-state index is 0.524. The molecule has 2 aromatic rings. The minimum atomic E-state index is -0.987. The molecule has 0 fully saturated rings. The van der Waals surface area contributed by atoms with Crippen molar-refractivity contribution in [1.29, 1.82) is 0 Å². The summed E-state index contributed by atoms with van der Waals surface area (Å²) in [5.41, 5.74) is 1.84. The Balaban J connectivity index is 2.06. The van der Waals surface area contributed by atoms with E-state index < -0.39 is 12.1 Å². The predicted molar refractivity (Wildman–Crippen MR) is 90.6 cm³/mol. The van der Waals surface area contributed by atoms with Crippen LogP contribution in [0.15, 0.2) is 53.5 Å². The second-order valence-electron chi connectivity index (χ2n) is 4.38. The summed E-state index contributed by atoms with van der Waals surface area (Å²) in [7, 11) is 0. The number of carbonyl (C=O) groups is 1. The van der Waals surface area contributed by atoms with E-state index >= 15 is 0 Å². The number of rotatable bonds is 5. The van der Waals surface area contributed by atoms with Gasteiger partial charge in [0.1, 0.15) is 5.75 Å². The summed E-state index contributed by atoms with van der Waals surface area (Å²) in [6, 6.07) is 15.0. The van der Waals surface area contributed by atoms with E-state index in [4.69, 9.17) is 9.84 Å². The Hall–Kier alpha value is -1.89. The zero-order valence-electron chi connectivity index (χ0n) is 11.4. The van der Waals surface area contributed by atoms with Gasteiger partial charge in [-0.2, -0.15) is 0 Å². The van der Waals surface area contributed by atoms with Gasteiger partial charge in [0.2, 0.25) is 0 Å². The van der Waals surface area contributed by atoms with Crippen molar-refractivity contribution in [2.75, 3.05) is 0 Å². The van der Waals surface area contributed by atoms with Gasteiger partial charge in [-0.25, -0.2) is 4.79 Å². The molecule has 21 heavy (non-hydrogen) atoms. The number of hydrogen-bond acceptors (Lipinski definition) is 3. The lowest BCUT2D eigenvalue weighted by molar-refractivity contribution is -0.144. The van der Waals surface area contributed by atoms with E-state index in [0.717, 1.165) is 14.8 Å². The fourth-order valence-electron chi connectivity index (χ4n) is 1.59. The molecule has 108 valence electrons. The number of benzene rings is 2. The van der Waals surface area contributed by atoms with Gasteiger partial charge >= 0.3 is 5.97 Å². The normalized spacial score (nSPS) is 12.3. The molecule has 0 saturated carbocycles. The first-order chi connectivity index (χ1) is 10.1. The van der Waals surface area contributed by atoms with Crippen LogP contribution >= 0.6 is 22.6 Å². The molecule has 5 heteroatoms. The van der Waals surface area contributed by atoms with Crippen molar-refractivity contribution in [3.8, 4) is 5.75 Å². The molecule has 0 unspecified atom stereocenters. The Morgan fingerprint density at radius 1 is 1.24 bits per heavy atom. The molecule has 2 rings (SSSR count). The SMILES string of the molecule is C[C@H](Oc1ccc(C=Nc2ccccc2I)cc1)C(=O)O. The van der Waals surface area contributed by atoms with Crippen molar-refractivity contribution in [3.63, 3.8) is 0 Å². The average Bonchev–Trinajstić information content (AvgIpc) is 2.48. The van der Waals surface area contributed by atoms with E-state index in [9.17, 15) is 4.79 Å². The van der Waals surface area contributed by atoms with Gasteiger partial charge in [-0.15, -0.1) is 0 Å². The van der Waals surface area contributed by atoms with E-state index in [2.05, 4.69) is 27.6 Å². The van der Waals surface area contributed by atoms with E-state index in [1.165, 1.54) is 6.92 Å². The quantitative estimate of drug-likeness (QED) is 0.617. The lowest BCUT2D eigenvalue weighted by Crippen LogP contribution is -2.22. The average molecular weight is 395 g/mol. The number of para-hydroxylation sites is 1. The maximum absolute atomic E-state index is 10.7. The topological polar surface area (TPSA) is 58.9 Å². The van der Waals surface area contributed by atoms with Crippen LogP contribution in [-0.2, 0) is 4.79 Å². The molecule has 0 saturated heterocycles. The standard InChI is InChI=1S/C16H14INO3/c1-11(16(19)20)21-13-8-6-12(7-9-13)10-18-15-5-3-2-4-14(15)17/h2-11H,1H3,(H,19,20)/t11-/m0/s1. The monoisotopic (exact) mass is 395 g/mol. The molecule has 0 amide bonds. The van der Waals surface area contributed by atoms with Gasteiger partial charge in [0.25, 0.3) is 0 Å². The van der Waals surface area contributed by atoms with Crippen molar-refractivity contribution in [2.24, 2.45) is 4.99 Å². The van der Waals surface area contributed by atoms with E-state index in [-0.39, 0.29) is 0 Å². The van der Waals surface area contributed by atoms with E-state index in [0.29, 0.717) is 5.75 Å². The highest BCUT2D eigenvalue weighted by Gasteiger charge is 2.11. The van der Waals surface area contributed by atoms with Crippen LogP contribution in [0.2, 0.25) is 0 Å². The van der Waals surface area contributed by atoms with Crippen LogP contribution in [0.5, 0.6) is 5.75 Å². The summed E-state index contributed by atoms with van der Waals surface area (Å²) in [6.07, 6.45) is 0.900. The summed E-state index contributed by atoms with van der Waals surface area (Å²) in [4.78, 5) is 15.1. The lowest BCUT2D eigenvalue weighted by Gasteiger charge is -2.09. The molecule has 0 spiro atoms. The molecule has 2 aromatic carbocycles. The lowest BCUT2D eigenvalue weighted by atomic mass is 10.2. The first-order valence-corrected chi connectivity index (χ1v) is 7.42. The number of hydrogen-bond donors (Lipinski definition) is 1. The Morgan fingerprint density at radius 3 is 2.52 bits per heavy atom. The third-order valence-electron chi connectivity index (χ3n) is 2.75. The first-order valence-electron chi connectivity index (χ1n) is 6.34. The molecular formula is C16H14INO3. The molecule has 1 N–H and O–H groups in total. The Morgan fingerprint density at radius 2 is 1.90 bits per heavy atom. The fraction of sp³-hybridized carbons (Fsp3) is 0.125. The highest BCUT2D eigenvalue weighted by molar-refractivity contribution is 14.1. The fourth-order valence-corrected chi connectivity index (χ4v) is 2.11. The van der Waals surface area contributed by atoms with Gasteiger partial charge in [-0.1, -0.05) is 12.1 Å². The number of carboxylic acids is 1. The van der Waals surface area contributed by atoms with Crippen LogP contribution in [0, 0.1) is 3.57 Å². The third kappa shape index (κ3) is 4.56. The molecule has 0 aromatic heterocycles. The number of carboxylic acid groups (broad SMARTS) is 1. The second-order valence-corrected chi connectivity index (χ2v) is 5.54. The van der Waals surface area contributed by atoms with E-state index in [1.54, 1.807) is 18.3 Å². The molecule has 1 atom stereocenters. The smallest absolute Gasteiger partial charge is 0.344 e. The number of ether oxygens (including phenoxy) is 1. The van der Waals surface area contributed by atoms with Crippen molar-refractivity contribution in [1.82, 2.24) is 0 Å².